The fourth-order valence-electron chi connectivity index (χ4n) is 2.22. The van der Waals surface area contributed by atoms with Crippen molar-refractivity contribution in [1.82, 2.24) is 10.3 Å². The SMILES string of the molecule is CCc1ccc(C(CO)NC(=O)Cc2sc(=S)[nH]c2C)cc1. The van der Waals surface area contributed by atoms with Crippen molar-refractivity contribution in [3.8, 4) is 0 Å². The number of hydrogen-bond donors (Lipinski definition) is 3. The number of benzene rings is 1. The highest BCUT2D eigenvalue weighted by Crippen LogP contribution is 2.17. The molecular weight excluding hydrogens is 316 g/mol. The number of rotatable bonds is 6. The molecule has 1 amide bonds. The number of hydrogen-bond acceptors (Lipinski definition) is 4. The van der Waals surface area contributed by atoms with Crippen LogP contribution in [-0.2, 0) is 17.6 Å². The van der Waals surface area contributed by atoms with Gasteiger partial charge in [0, 0.05) is 10.6 Å². The van der Waals surface area contributed by atoms with Crippen LogP contribution in [0, 0.1) is 10.9 Å². The quantitative estimate of drug-likeness (QED) is 0.710. The van der Waals surface area contributed by atoms with Crippen molar-refractivity contribution < 1.29 is 9.90 Å². The number of aliphatic hydroxyl groups excluding tert-OH is 1. The summed E-state index contributed by atoms with van der Waals surface area (Å²) >= 11 is 6.49. The minimum atomic E-state index is -0.384. The summed E-state index contributed by atoms with van der Waals surface area (Å²) < 4.78 is 0.675. The molecule has 1 atom stereocenters. The van der Waals surface area contributed by atoms with E-state index in [1.807, 2.05) is 31.2 Å². The number of aliphatic hydroxyl groups is 1. The lowest BCUT2D eigenvalue weighted by molar-refractivity contribution is -0.121. The van der Waals surface area contributed by atoms with Crippen LogP contribution in [0.3, 0.4) is 0 Å². The predicted molar refractivity (Wildman–Crippen MR) is 91.7 cm³/mol. The highest BCUT2D eigenvalue weighted by atomic mass is 32.1. The van der Waals surface area contributed by atoms with Gasteiger partial charge in [-0.25, -0.2) is 0 Å². The molecule has 6 heteroatoms. The highest BCUT2D eigenvalue weighted by molar-refractivity contribution is 7.73. The molecule has 0 aliphatic heterocycles. The van der Waals surface area contributed by atoms with Gasteiger partial charge in [0.1, 0.15) is 0 Å². The Morgan fingerprint density at radius 2 is 2.09 bits per heavy atom. The van der Waals surface area contributed by atoms with Gasteiger partial charge in [0.25, 0.3) is 0 Å². The number of thiazole rings is 1. The molecular formula is C16H20N2O2S2. The largest absolute Gasteiger partial charge is 0.394 e. The summed E-state index contributed by atoms with van der Waals surface area (Å²) in [6.45, 7) is 3.87. The summed E-state index contributed by atoms with van der Waals surface area (Å²) in [5, 5.41) is 12.4. The zero-order chi connectivity index (χ0) is 16.1. The molecule has 0 fully saturated rings. The fraction of sp³-hybridized carbons (Fsp3) is 0.375. The second-order valence-corrected chi connectivity index (χ2v) is 6.91. The Balaban J connectivity index is 2.04. The molecule has 1 aromatic heterocycles. The summed E-state index contributed by atoms with van der Waals surface area (Å²) in [7, 11) is 0. The number of aromatic nitrogens is 1. The van der Waals surface area contributed by atoms with Gasteiger partial charge in [-0.3, -0.25) is 4.79 Å². The minimum Gasteiger partial charge on any atom is -0.394 e. The van der Waals surface area contributed by atoms with Crippen LogP contribution in [0.25, 0.3) is 0 Å². The molecule has 0 spiro atoms. The predicted octanol–water partition coefficient (Wildman–Crippen LogP) is 3.07. The van der Waals surface area contributed by atoms with E-state index < -0.39 is 0 Å². The Labute approximate surface area is 139 Å². The Hall–Kier alpha value is -1.50. The van der Waals surface area contributed by atoms with Crippen LogP contribution in [0.2, 0.25) is 0 Å². The molecule has 1 unspecified atom stereocenters. The van der Waals surface area contributed by atoms with Crippen LogP contribution in [0.1, 0.15) is 34.7 Å². The van der Waals surface area contributed by atoms with Crippen LogP contribution >= 0.6 is 23.6 Å². The zero-order valence-electron chi connectivity index (χ0n) is 12.7. The normalized spacial score (nSPS) is 12.1. The molecule has 4 nitrogen and oxygen atoms in total. The molecule has 3 N–H and O–H groups in total. The lowest BCUT2D eigenvalue weighted by Gasteiger charge is -2.17. The first kappa shape index (κ1) is 16.9. The number of amides is 1. The lowest BCUT2D eigenvalue weighted by Crippen LogP contribution is -2.31. The molecule has 0 saturated heterocycles. The van der Waals surface area contributed by atoms with Gasteiger partial charge in [0.15, 0.2) is 3.95 Å². The smallest absolute Gasteiger partial charge is 0.225 e. The van der Waals surface area contributed by atoms with E-state index in [-0.39, 0.29) is 25.0 Å². The van der Waals surface area contributed by atoms with Gasteiger partial charge in [-0.1, -0.05) is 31.2 Å². The average molecular weight is 336 g/mol. The van der Waals surface area contributed by atoms with Crippen molar-refractivity contribution >= 4 is 29.5 Å². The molecule has 0 aliphatic carbocycles. The van der Waals surface area contributed by atoms with Gasteiger partial charge in [0.2, 0.25) is 5.91 Å². The topological polar surface area (TPSA) is 65.1 Å². The third-order valence-corrected chi connectivity index (χ3v) is 4.89. The Kier molecular flexibility index (Phi) is 5.88. The van der Waals surface area contributed by atoms with Gasteiger partial charge in [0.05, 0.1) is 19.1 Å². The zero-order valence-corrected chi connectivity index (χ0v) is 14.3. The number of H-pyrrole nitrogens is 1. The first-order chi connectivity index (χ1) is 10.5. The van der Waals surface area contributed by atoms with Gasteiger partial charge >= 0.3 is 0 Å². The maximum absolute atomic E-state index is 12.2. The molecule has 1 aromatic carbocycles. The van der Waals surface area contributed by atoms with E-state index in [0.29, 0.717) is 3.95 Å². The van der Waals surface area contributed by atoms with Crippen LogP contribution in [0.4, 0.5) is 0 Å². The summed E-state index contributed by atoms with van der Waals surface area (Å²) in [5.74, 6) is -0.119. The number of carbonyl (C=O) groups is 1. The standard InChI is InChI=1S/C16H20N2O2S2/c1-3-11-4-6-12(7-5-11)13(9-19)18-15(20)8-14-10(2)17-16(21)22-14/h4-7,13,19H,3,8-9H2,1-2H3,(H,17,21)(H,18,20). The van der Waals surface area contributed by atoms with Crippen LogP contribution < -0.4 is 5.32 Å². The van der Waals surface area contributed by atoms with E-state index in [1.165, 1.54) is 16.9 Å². The van der Waals surface area contributed by atoms with Crippen LogP contribution in [-0.4, -0.2) is 22.6 Å². The van der Waals surface area contributed by atoms with E-state index >= 15 is 0 Å². The van der Waals surface area contributed by atoms with E-state index in [1.54, 1.807) is 0 Å². The van der Waals surface area contributed by atoms with Crippen molar-refractivity contribution in [2.45, 2.75) is 32.7 Å². The maximum atomic E-state index is 12.2. The molecule has 0 radical (unpaired) electrons. The molecule has 2 aromatic rings. The van der Waals surface area contributed by atoms with E-state index in [4.69, 9.17) is 12.2 Å². The van der Waals surface area contributed by atoms with Gasteiger partial charge in [-0.15, -0.1) is 11.3 Å². The molecule has 1 heterocycles. The number of nitrogens with one attached hydrogen (secondary N) is 2. The van der Waals surface area contributed by atoms with Gasteiger partial charge in [-0.2, -0.15) is 0 Å². The van der Waals surface area contributed by atoms with Crippen molar-refractivity contribution in [2.75, 3.05) is 6.61 Å². The van der Waals surface area contributed by atoms with E-state index in [2.05, 4.69) is 17.2 Å². The third kappa shape index (κ3) is 4.25. The van der Waals surface area contributed by atoms with E-state index in [9.17, 15) is 9.90 Å². The molecule has 0 bridgehead atoms. The summed E-state index contributed by atoms with van der Waals surface area (Å²) in [5.41, 5.74) is 3.07. The summed E-state index contributed by atoms with van der Waals surface area (Å²) in [4.78, 5) is 16.1. The number of carbonyl (C=O) groups excluding carboxylic acids is 1. The second-order valence-electron chi connectivity index (χ2n) is 5.14. The second kappa shape index (κ2) is 7.67. The Morgan fingerprint density at radius 3 is 2.59 bits per heavy atom. The van der Waals surface area contributed by atoms with Crippen molar-refractivity contribution in [3.63, 3.8) is 0 Å². The Bertz CT molecular complexity index is 689. The first-order valence-electron chi connectivity index (χ1n) is 7.21. The molecule has 2 rings (SSSR count). The van der Waals surface area contributed by atoms with Crippen LogP contribution in [0.15, 0.2) is 24.3 Å². The fourth-order valence-corrected chi connectivity index (χ4v) is 3.51. The monoisotopic (exact) mass is 336 g/mol. The molecule has 0 aliphatic rings. The van der Waals surface area contributed by atoms with E-state index in [0.717, 1.165) is 22.6 Å². The Morgan fingerprint density at radius 1 is 1.41 bits per heavy atom. The van der Waals surface area contributed by atoms with Crippen molar-refractivity contribution in [3.05, 3.63) is 49.9 Å². The first-order valence-corrected chi connectivity index (χ1v) is 8.43. The molecule has 22 heavy (non-hydrogen) atoms. The minimum absolute atomic E-state index is 0.119. The number of aryl methyl sites for hydroxylation is 2. The van der Waals surface area contributed by atoms with Crippen molar-refractivity contribution in [1.29, 1.82) is 0 Å². The van der Waals surface area contributed by atoms with Gasteiger partial charge in [-0.05, 0) is 36.7 Å². The van der Waals surface area contributed by atoms with Crippen LogP contribution in [0.5, 0.6) is 0 Å². The lowest BCUT2D eigenvalue weighted by atomic mass is 10.0. The summed E-state index contributed by atoms with van der Waals surface area (Å²) in [6, 6.07) is 7.56. The van der Waals surface area contributed by atoms with Crippen molar-refractivity contribution in [2.24, 2.45) is 0 Å². The third-order valence-electron chi connectivity index (χ3n) is 3.55. The number of aromatic amines is 1. The van der Waals surface area contributed by atoms with Gasteiger partial charge < -0.3 is 15.4 Å². The molecule has 0 saturated carbocycles. The maximum Gasteiger partial charge on any atom is 0.225 e. The highest BCUT2D eigenvalue weighted by Gasteiger charge is 2.15. The average Bonchev–Trinajstić information content (AvgIpc) is 2.82. The molecule has 118 valence electrons. The summed E-state index contributed by atoms with van der Waals surface area (Å²) in [6.07, 6.45) is 1.24.